The van der Waals surface area contributed by atoms with Gasteiger partial charge < -0.3 is 9.47 Å². The monoisotopic (exact) mass is 298 g/mol. The summed E-state index contributed by atoms with van der Waals surface area (Å²) in [5.41, 5.74) is 5.22. The van der Waals surface area contributed by atoms with Crippen LogP contribution in [0.25, 0.3) is 11.1 Å². The summed E-state index contributed by atoms with van der Waals surface area (Å²) in [5, 5.41) is 0. The fourth-order valence-corrected chi connectivity index (χ4v) is 2.95. The van der Waals surface area contributed by atoms with E-state index >= 15 is 0 Å². The Kier molecular flexibility index (Phi) is 5.12. The highest BCUT2D eigenvalue weighted by Gasteiger charge is 2.16. The van der Waals surface area contributed by atoms with E-state index in [-0.39, 0.29) is 0 Å². The van der Waals surface area contributed by atoms with Gasteiger partial charge in [0.05, 0.1) is 14.2 Å². The highest BCUT2D eigenvalue weighted by Crippen LogP contribution is 2.38. The smallest absolute Gasteiger partial charge is 0.123 e. The zero-order chi connectivity index (χ0) is 16.3. The predicted molar refractivity (Wildman–Crippen MR) is 93.2 cm³/mol. The molecule has 0 aliphatic heterocycles. The van der Waals surface area contributed by atoms with Crippen LogP contribution in [0.15, 0.2) is 36.4 Å². The van der Waals surface area contributed by atoms with Gasteiger partial charge in [-0.2, -0.15) is 0 Å². The van der Waals surface area contributed by atoms with Crippen LogP contribution in [0.2, 0.25) is 0 Å². The van der Waals surface area contributed by atoms with E-state index in [4.69, 9.17) is 9.47 Å². The lowest BCUT2D eigenvalue weighted by atomic mass is 9.84. The first-order chi connectivity index (χ1) is 10.5. The molecular formula is C20H26O2. The van der Waals surface area contributed by atoms with Crippen LogP contribution in [0, 0.1) is 0 Å². The standard InChI is InChI=1S/C20H26O2/c1-13(2)18-8-7-9-19(20(18)14(3)4)15-10-16(21-5)12-17(11-15)22-6/h7-14H,1-6H3. The van der Waals surface area contributed by atoms with Crippen molar-refractivity contribution in [3.8, 4) is 22.6 Å². The van der Waals surface area contributed by atoms with Crippen molar-refractivity contribution < 1.29 is 9.47 Å². The number of methoxy groups -OCH3 is 2. The molecule has 0 saturated heterocycles. The molecule has 0 bridgehead atoms. The van der Waals surface area contributed by atoms with Gasteiger partial charge in [-0.3, -0.25) is 0 Å². The summed E-state index contributed by atoms with van der Waals surface area (Å²) in [6.45, 7) is 9.00. The van der Waals surface area contributed by atoms with Gasteiger partial charge in [-0.15, -0.1) is 0 Å². The largest absolute Gasteiger partial charge is 0.497 e. The second kappa shape index (κ2) is 6.87. The molecular weight excluding hydrogens is 272 g/mol. The number of ether oxygens (including phenoxy) is 2. The quantitative estimate of drug-likeness (QED) is 0.713. The second-order valence-electron chi connectivity index (χ2n) is 6.22. The summed E-state index contributed by atoms with van der Waals surface area (Å²) >= 11 is 0. The van der Waals surface area contributed by atoms with E-state index in [1.165, 1.54) is 16.7 Å². The van der Waals surface area contributed by atoms with Gasteiger partial charge in [-0.05, 0) is 46.2 Å². The van der Waals surface area contributed by atoms with Gasteiger partial charge in [0.2, 0.25) is 0 Å². The SMILES string of the molecule is COc1cc(OC)cc(-c2cccc(C(C)C)c2C(C)C)c1. The Labute approximate surface area is 134 Å². The van der Waals surface area contributed by atoms with Crippen LogP contribution in [-0.4, -0.2) is 14.2 Å². The van der Waals surface area contributed by atoms with Crippen LogP contribution in [0.4, 0.5) is 0 Å². The summed E-state index contributed by atoms with van der Waals surface area (Å²) in [5.74, 6) is 2.61. The lowest BCUT2D eigenvalue weighted by Gasteiger charge is -2.21. The van der Waals surface area contributed by atoms with E-state index in [0.717, 1.165) is 17.1 Å². The van der Waals surface area contributed by atoms with E-state index in [9.17, 15) is 0 Å². The lowest BCUT2D eigenvalue weighted by Crippen LogP contribution is -2.01. The molecule has 0 atom stereocenters. The van der Waals surface area contributed by atoms with Crippen LogP contribution in [0.1, 0.15) is 50.7 Å². The number of hydrogen-bond donors (Lipinski definition) is 0. The van der Waals surface area contributed by atoms with Crippen molar-refractivity contribution in [1.29, 1.82) is 0 Å². The van der Waals surface area contributed by atoms with Crippen LogP contribution >= 0.6 is 0 Å². The Morgan fingerprint density at radius 1 is 0.773 bits per heavy atom. The first-order valence-corrected chi connectivity index (χ1v) is 7.84. The van der Waals surface area contributed by atoms with Crippen LogP contribution in [0.3, 0.4) is 0 Å². The minimum Gasteiger partial charge on any atom is -0.497 e. The third kappa shape index (κ3) is 3.27. The van der Waals surface area contributed by atoms with Gasteiger partial charge in [0, 0.05) is 6.07 Å². The minimum atomic E-state index is 0.464. The van der Waals surface area contributed by atoms with Gasteiger partial charge in [0.25, 0.3) is 0 Å². The Morgan fingerprint density at radius 2 is 1.36 bits per heavy atom. The van der Waals surface area contributed by atoms with Crippen molar-refractivity contribution in [1.82, 2.24) is 0 Å². The maximum atomic E-state index is 5.42. The highest BCUT2D eigenvalue weighted by atomic mass is 16.5. The van der Waals surface area contributed by atoms with Crippen LogP contribution in [-0.2, 0) is 0 Å². The summed E-state index contributed by atoms with van der Waals surface area (Å²) in [6, 6.07) is 12.6. The van der Waals surface area contributed by atoms with Crippen molar-refractivity contribution in [3.05, 3.63) is 47.5 Å². The normalized spacial score (nSPS) is 11.1. The Bertz CT molecular complexity index is 620. The minimum absolute atomic E-state index is 0.464. The molecule has 2 aromatic carbocycles. The van der Waals surface area contributed by atoms with E-state index in [2.05, 4.69) is 58.0 Å². The third-order valence-corrected chi connectivity index (χ3v) is 4.00. The molecule has 0 fully saturated rings. The maximum absolute atomic E-state index is 5.42. The zero-order valence-electron chi connectivity index (χ0n) is 14.4. The Hall–Kier alpha value is -1.96. The molecule has 118 valence electrons. The first-order valence-electron chi connectivity index (χ1n) is 7.84. The molecule has 22 heavy (non-hydrogen) atoms. The molecule has 0 unspecified atom stereocenters. The lowest BCUT2D eigenvalue weighted by molar-refractivity contribution is 0.394. The molecule has 2 aromatic rings. The molecule has 2 heteroatoms. The van der Waals surface area contributed by atoms with Gasteiger partial charge in [-0.1, -0.05) is 45.9 Å². The number of benzene rings is 2. The van der Waals surface area contributed by atoms with Gasteiger partial charge in [0.1, 0.15) is 11.5 Å². The molecule has 0 aliphatic carbocycles. The third-order valence-electron chi connectivity index (χ3n) is 4.00. The van der Waals surface area contributed by atoms with Crippen LogP contribution < -0.4 is 9.47 Å². The molecule has 0 saturated carbocycles. The molecule has 0 spiro atoms. The van der Waals surface area contributed by atoms with Crippen molar-refractivity contribution in [2.45, 2.75) is 39.5 Å². The Morgan fingerprint density at radius 3 is 1.82 bits per heavy atom. The van der Waals surface area contributed by atoms with Gasteiger partial charge in [0.15, 0.2) is 0 Å². The summed E-state index contributed by atoms with van der Waals surface area (Å²) in [6.07, 6.45) is 0. The molecule has 0 radical (unpaired) electrons. The summed E-state index contributed by atoms with van der Waals surface area (Å²) < 4.78 is 10.8. The number of rotatable bonds is 5. The van der Waals surface area contributed by atoms with Crippen LogP contribution in [0.5, 0.6) is 11.5 Å². The van der Waals surface area contributed by atoms with Crippen molar-refractivity contribution in [2.75, 3.05) is 14.2 Å². The Balaban J connectivity index is 2.69. The average molecular weight is 298 g/mol. The molecule has 0 aromatic heterocycles. The first kappa shape index (κ1) is 16.4. The maximum Gasteiger partial charge on any atom is 0.123 e. The van der Waals surface area contributed by atoms with Crippen molar-refractivity contribution in [2.24, 2.45) is 0 Å². The van der Waals surface area contributed by atoms with Gasteiger partial charge in [-0.25, -0.2) is 0 Å². The fourth-order valence-electron chi connectivity index (χ4n) is 2.95. The topological polar surface area (TPSA) is 18.5 Å². The molecule has 0 N–H and O–H groups in total. The van der Waals surface area contributed by atoms with E-state index in [1.807, 2.05) is 6.07 Å². The van der Waals surface area contributed by atoms with E-state index < -0.39 is 0 Å². The van der Waals surface area contributed by atoms with Gasteiger partial charge >= 0.3 is 0 Å². The zero-order valence-corrected chi connectivity index (χ0v) is 14.4. The molecule has 0 amide bonds. The van der Waals surface area contributed by atoms with Crippen molar-refractivity contribution >= 4 is 0 Å². The second-order valence-corrected chi connectivity index (χ2v) is 6.22. The molecule has 0 aliphatic rings. The molecule has 2 rings (SSSR count). The fraction of sp³-hybridized carbons (Fsp3) is 0.400. The van der Waals surface area contributed by atoms with Crippen molar-refractivity contribution in [3.63, 3.8) is 0 Å². The molecule has 2 nitrogen and oxygen atoms in total. The summed E-state index contributed by atoms with van der Waals surface area (Å²) in [4.78, 5) is 0. The highest BCUT2D eigenvalue weighted by molar-refractivity contribution is 5.72. The molecule has 0 heterocycles. The number of hydrogen-bond acceptors (Lipinski definition) is 2. The summed E-state index contributed by atoms with van der Waals surface area (Å²) in [7, 11) is 3.37. The predicted octanol–water partition coefficient (Wildman–Crippen LogP) is 5.62. The average Bonchev–Trinajstić information content (AvgIpc) is 2.53. The van der Waals surface area contributed by atoms with E-state index in [0.29, 0.717) is 11.8 Å². The van der Waals surface area contributed by atoms with E-state index in [1.54, 1.807) is 14.2 Å².